The predicted molar refractivity (Wildman–Crippen MR) is 61.7 cm³/mol. The summed E-state index contributed by atoms with van der Waals surface area (Å²) in [4.78, 5) is 8.42. The summed E-state index contributed by atoms with van der Waals surface area (Å²) in [7, 11) is 1.78. The maximum absolute atomic E-state index is 13.1. The first kappa shape index (κ1) is 10.5. The fourth-order valence-electron chi connectivity index (χ4n) is 1.46. The van der Waals surface area contributed by atoms with Crippen molar-refractivity contribution in [2.75, 3.05) is 12.4 Å². The molecular formula is C12H12FN3. The number of nitrogens with zero attached hydrogens (tertiary/aromatic N) is 2. The minimum Gasteiger partial charge on any atom is -0.373 e. The number of anilines is 1. The van der Waals surface area contributed by atoms with E-state index in [0.717, 1.165) is 11.1 Å². The molecule has 1 heterocycles. The Morgan fingerprint density at radius 3 is 2.81 bits per heavy atom. The van der Waals surface area contributed by atoms with Crippen LogP contribution in [0, 0.1) is 12.7 Å². The summed E-state index contributed by atoms with van der Waals surface area (Å²) in [6.07, 6.45) is 1.65. The van der Waals surface area contributed by atoms with Gasteiger partial charge in [0.25, 0.3) is 0 Å². The van der Waals surface area contributed by atoms with E-state index in [4.69, 9.17) is 0 Å². The molecule has 82 valence electrons. The summed E-state index contributed by atoms with van der Waals surface area (Å²) >= 11 is 0. The van der Waals surface area contributed by atoms with Crippen molar-refractivity contribution in [2.45, 2.75) is 6.92 Å². The number of hydrogen-bond donors (Lipinski definition) is 1. The van der Waals surface area contributed by atoms with Gasteiger partial charge in [0.15, 0.2) is 5.82 Å². The van der Waals surface area contributed by atoms with Crippen LogP contribution >= 0.6 is 0 Å². The molecule has 0 aliphatic carbocycles. The van der Waals surface area contributed by atoms with E-state index in [1.807, 2.05) is 6.92 Å². The van der Waals surface area contributed by atoms with Gasteiger partial charge in [0.2, 0.25) is 0 Å². The minimum atomic E-state index is -0.279. The van der Waals surface area contributed by atoms with Crippen LogP contribution in [0.5, 0.6) is 0 Å². The van der Waals surface area contributed by atoms with Crippen LogP contribution in [0.2, 0.25) is 0 Å². The van der Waals surface area contributed by atoms with Crippen molar-refractivity contribution in [2.24, 2.45) is 0 Å². The van der Waals surface area contributed by atoms with E-state index < -0.39 is 0 Å². The average molecular weight is 217 g/mol. The first-order valence-corrected chi connectivity index (χ1v) is 4.98. The molecule has 2 rings (SSSR count). The standard InChI is InChI=1S/C12H12FN3/c1-8-3-4-9(13)7-10(8)12-15-6-5-11(14-2)16-12/h3-7H,1-2H3,(H,14,15,16). The molecule has 2 aromatic rings. The molecule has 1 aromatic carbocycles. The van der Waals surface area contributed by atoms with Crippen molar-refractivity contribution in [1.29, 1.82) is 0 Å². The smallest absolute Gasteiger partial charge is 0.161 e. The molecule has 0 atom stereocenters. The van der Waals surface area contributed by atoms with E-state index in [1.54, 1.807) is 25.4 Å². The Labute approximate surface area is 93.4 Å². The lowest BCUT2D eigenvalue weighted by atomic mass is 10.1. The second-order valence-corrected chi connectivity index (χ2v) is 3.47. The molecule has 0 amide bonds. The second kappa shape index (κ2) is 4.26. The Morgan fingerprint density at radius 1 is 1.25 bits per heavy atom. The number of rotatable bonds is 2. The molecular weight excluding hydrogens is 205 g/mol. The molecule has 0 radical (unpaired) electrons. The largest absolute Gasteiger partial charge is 0.373 e. The molecule has 0 spiro atoms. The van der Waals surface area contributed by atoms with Crippen LogP contribution in [0.1, 0.15) is 5.56 Å². The number of aryl methyl sites for hydroxylation is 1. The maximum Gasteiger partial charge on any atom is 0.161 e. The van der Waals surface area contributed by atoms with E-state index >= 15 is 0 Å². The molecule has 16 heavy (non-hydrogen) atoms. The Balaban J connectivity index is 2.53. The van der Waals surface area contributed by atoms with Crippen LogP contribution in [-0.2, 0) is 0 Å². The molecule has 4 heteroatoms. The molecule has 0 saturated heterocycles. The van der Waals surface area contributed by atoms with Gasteiger partial charge < -0.3 is 5.32 Å². The molecule has 0 aliphatic rings. The summed E-state index contributed by atoms with van der Waals surface area (Å²) in [6, 6.07) is 6.36. The second-order valence-electron chi connectivity index (χ2n) is 3.47. The minimum absolute atomic E-state index is 0.279. The third kappa shape index (κ3) is 2.00. The highest BCUT2D eigenvalue weighted by molar-refractivity contribution is 5.61. The quantitative estimate of drug-likeness (QED) is 0.840. The van der Waals surface area contributed by atoms with Crippen molar-refractivity contribution >= 4 is 5.82 Å². The molecule has 0 bridgehead atoms. The highest BCUT2D eigenvalue weighted by Crippen LogP contribution is 2.21. The zero-order valence-electron chi connectivity index (χ0n) is 9.16. The van der Waals surface area contributed by atoms with Crippen LogP contribution in [-0.4, -0.2) is 17.0 Å². The normalized spacial score (nSPS) is 10.2. The van der Waals surface area contributed by atoms with E-state index in [9.17, 15) is 4.39 Å². The van der Waals surface area contributed by atoms with E-state index in [-0.39, 0.29) is 5.82 Å². The lowest BCUT2D eigenvalue weighted by Gasteiger charge is -2.06. The summed E-state index contributed by atoms with van der Waals surface area (Å²) in [5.74, 6) is 0.969. The van der Waals surface area contributed by atoms with Crippen LogP contribution in [0.3, 0.4) is 0 Å². The highest BCUT2D eigenvalue weighted by atomic mass is 19.1. The van der Waals surface area contributed by atoms with E-state index in [1.165, 1.54) is 12.1 Å². The van der Waals surface area contributed by atoms with Gasteiger partial charge in [0, 0.05) is 18.8 Å². The lowest BCUT2D eigenvalue weighted by molar-refractivity contribution is 0.627. The summed E-state index contributed by atoms with van der Waals surface area (Å²) in [5.41, 5.74) is 1.67. The van der Waals surface area contributed by atoms with Gasteiger partial charge in [-0.3, -0.25) is 0 Å². The number of benzene rings is 1. The third-order valence-corrected chi connectivity index (χ3v) is 2.35. The van der Waals surface area contributed by atoms with Gasteiger partial charge in [-0.15, -0.1) is 0 Å². The monoisotopic (exact) mass is 217 g/mol. The number of nitrogens with one attached hydrogen (secondary N) is 1. The van der Waals surface area contributed by atoms with Gasteiger partial charge in [0.05, 0.1) is 0 Å². The van der Waals surface area contributed by atoms with Crippen molar-refractivity contribution in [3.05, 3.63) is 41.8 Å². The maximum atomic E-state index is 13.1. The highest BCUT2D eigenvalue weighted by Gasteiger charge is 2.06. The van der Waals surface area contributed by atoms with Gasteiger partial charge >= 0.3 is 0 Å². The van der Waals surface area contributed by atoms with Crippen LogP contribution in [0.4, 0.5) is 10.2 Å². The Morgan fingerprint density at radius 2 is 2.06 bits per heavy atom. The molecule has 3 nitrogen and oxygen atoms in total. The molecule has 0 aliphatic heterocycles. The predicted octanol–water partition coefficient (Wildman–Crippen LogP) is 2.63. The number of hydrogen-bond acceptors (Lipinski definition) is 3. The summed E-state index contributed by atoms with van der Waals surface area (Å²) in [6.45, 7) is 1.91. The van der Waals surface area contributed by atoms with Crippen LogP contribution in [0.15, 0.2) is 30.5 Å². The molecule has 1 N–H and O–H groups in total. The third-order valence-electron chi connectivity index (χ3n) is 2.35. The number of aromatic nitrogens is 2. The SMILES string of the molecule is CNc1ccnc(-c2cc(F)ccc2C)n1. The zero-order chi connectivity index (χ0) is 11.5. The Bertz CT molecular complexity index is 511. The van der Waals surface area contributed by atoms with E-state index in [0.29, 0.717) is 11.6 Å². The van der Waals surface area contributed by atoms with E-state index in [2.05, 4.69) is 15.3 Å². The first-order valence-electron chi connectivity index (χ1n) is 4.98. The molecule has 0 fully saturated rings. The van der Waals surface area contributed by atoms with Gasteiger partial charge in [-0.05, 0) is 30.7 Å². The van der Waals surface area contributed by atoms with Crippen molar-refractivity contribution in [3.63, 3.8) is 0 Å². The average Bonchev–Trinajstić information content (AvgIpc) is 2.32. The van der Waals surface area contributed by atoms with Gasteiger partial charge in [-0.1, -0.05) is 6.07 Å². The first-order chi connectivity index (χ1) is 7.70. The summed E-state index contributed by atoms with van der Waals surface area (Å²) in [5, 5.41) is 2.93. The van der Waals surface area contributed by atoms with Gasteiger partial charge in [-0.2, -0.15) is 0 Å². The van der Waals surface area contributed by atoms with Crippen molar-refractivity contribution in [1.82, 2.24) is 9.97 Å². The fourth-order valence-corrected chi connectivity index (χ4v) is 1.46. The van der Waals surface area contributed by atoms with Crippen molar-refractivity contribution in [3.8, 4) is 11.4 Å². The van der Waals surface area contributed by atoms with Gasteiger partial charge in [0.1, 0.15) is 11.6 Å². The number of halogens is 1. The lowest BCUT2D eigenvalue weighted by Crippen LogP contribution is -1.97. The fraction of sp³-hybridized carbons (Fsp3) is 0.167. The Kier molecular flexibility index (Phi) is 2.81. The summed E-state index contributed by atoms with van der Waals surface area (Å²) < 4.78 is 13.1. The van der Waals surface area contributed by atoms with Gasteiger partial charge in [-0.25, -0.2) is 14.4 Å². The van der Waals surface area contributed by atoms with Crippen molar-refractivity contribution < 1.29 is 4.39 Å². The Hall–Kier alpha value is -1.97. The van der Waals surface area contributed by atoms with Crippen LogP contribution in [0.25, 0.3) is 11.4 Å². The molecule has 1 aromatic heterocycles. The topological polar surface area (TPSA) is 37.8 Å². The zero-order valence-corrected chi connectivity index (χ0v) is 9.16. The van der Waals surface area contributed by atoms with Crippen LogP contribution < -0.4 is 5.32 Å². The molecule has 0 saturated carbocycles. The molecule has 0 unspecified atom stereocenters.